The largest absolute Gasteiger partial charge is 0.354 e. The van der Waals surface area contributed by atoms with Crippen molar-refractivity contribution in [2.75, 3.05) is 17.2 Å². The van der Waals surface area contributed by atoms with Gasteiger partial charge in [0.25, 0.3) is 5.91 Å². The molecule has 1 amide bonds. The molecule has 0 aliphatic heterocycles. The average molecular weight is 364 g/mol. The van der Waals surface area contributed by atoms with Gasteiger partial charge in [-0.2, -0.15) is 0 Å². The van der Waals surface area contributed by atoms with Crippen molar-refractivity contribution < 1.29 is 9.18 Å². The molecular weight excluding hydrogens is 343 g/mol. The molecule has 3 rings (SSSR count). The third kappa shape index (κ3) is 5.10. The van der Waals surface area contributed by atoms with Crippen LogP contribution in [0.5, 0.6) is 0 Å². The fourth-order valence-electron chi connectivity index (χ4n) is 2.68. The highest BCUT2D eigenvalue weighted by Crippen LogP contribution is 2.17. The van der Waals surface area contributed by atoms with Gasteiger partial charge in [-0.1, -0.05) is 29.8 Å². The zero-order valence-corrected chi connectivity index (χ0v) is 15.3. The Morgan fingerprint density at radius 3 is 2.59 bits per heavy atom. The Morgan fingerprint density at radius 1 is 1.07 bits per heavy atom. The highest BCUT2D eigenvalue weighted by atomic mass is 19.1. The van der Waals surface area contributed by atoms with Gasteiger partial charge in [0.15, 0.2) is 0 Å². The number of benzene rings is 2. The van der Waals surface area contributed by atoms with Crippen LogP contribution in [0.2, 0.25) is 0 Å². The number of nitrogens with one attached hydrogen (secondary N) is 2. The molecule has 1 heterocycles. The van der Waals surface area contributed by atoms with Crippen LogP contribution in [-0.4, -0.2) is 22.4 Å². The molecule has 0 aliphatic carbocycles. The van der Waals surface area contributed by atoms with E-state index in [2.05, 4.69) is 20.6 Å². The van der Waals surface area contributed by atoms with Crippen LogP contribution in [0, 0.1) is 19.7 Å². The molecule has 5 nitrogen and oxygen atoms in total. The van der Waals surface area contributed by atoms with Crippen molar-refractivity contribution in [3.63, 3.8) is 0 Å². The number of carbonyl (C=O) groups excluding carboxylic acids is 1. The maximum atomic E-state index is 12.9. The minimum atomic E-state index is -0.286. The minimum Gasteiger partial charge on any atom is -0.354 e. The average Bonchev–Trinajstić information content (AvgIpc) is 2.66. The van der Waals surface area contributed by atoms with Crippen LogP contribution < -0.4 is 10.6 Å². The summed E-state index contributed by atoms with van der Waals surface area (Å²) in [6, 6.07) is 13.8. The quantitative estimate of drug-likeness (QED) is 0.690. The smallest absolute Gasteiger partial charge is 0.274 e. The number of anilines is 2. The molecular formula is C21H21FN4O. The summed E-state index contributed by atoms with van der Waals surface area (Å²) in [7, 11) is 0. The third-order valence-electron chi connectivity index (χ3n) is 4.13. The number of aryl methyl sites for hydroxylation is 2. The van der Waals surface area contributed by atoms with E-state index in [0.717, 1.165) is 22.4 Å². The van der Waals surface area contributed by atoms with Crippen LogP contribution in [0.4, 0.5) is 16.0 Å². The standard InChI is InChI=1S/C21H21FN4O/c1-14-3-8-18(15(2)13-14)25-20(27)19-10-12-24-21(26-19)23-11-9-16-4-6-17(22)7-5-16/h3-8,10,12-13H,9,11H2,1-2H3,(H,25,27)(H,23,24,26). The zero-order valence-electron chi connectivity index (χ0n) is 15.3. The van der Waals surface area contributed by atoms with E-state index in [0.29, 0.717) is 18.9 Å². The van der Waals surface area contributed by atoms with E-state index in [1.54, 1.807) is 24.4 Å². The van der Waals surface area contributed by atoms with Crippen molar-refractivity contribution in [1.82, 2.24) is 9.97 Å². The molecule has 0 radical (unpaired) electrons. The molecule has 2 aromatic carbocycles. The van der Waals surface area contributed by atoms with Gasteiger partial charge in [-0.15, -0.1) is 0 Å². The lowest BCUT2D eigenvalue weighted by Crippen LogP contribution is -2.16. The first-order valence-corrected chi connectivity index (χ1v) is 8.71. The van der Waals surface area contributed by atoms with E-state index in [9.17, 15) is 9.18 Å². The van der Waals surface area contributed by atoms with Crippen LogP contribution in [0.3, 0.4) is 0 Å². The van der Waals surface area contributed by atoms with Crippen molar-refractivity contribution in [2.45, 2.75) is 20.3 Å². The molecule has 0 bridgehead atoms. The van der Waals surface area contributed by atoms with Crippen molar-refractivity contribution in [3.05, 3.63) is 82.9 Å². The molecule has 0 saturated carbocycles. The van der Waals surface area contributed by atoms with Crippen molar-refractivity contribution in [2.24, 2.45) is 0 Å². The van der Waals surface area contributed by atoms with Gasteiger partial charge in [-0.25, -0.2) is 14.4 Å². The number of rotatable bonds is 6. The molecule has 0 atom stereocenters. The lowest BCUT2D eigenvalue weighted by molar-refractivity contribution is 0.102. The van der Waals surface area contributed by atoms with Crippen LogP contribution in [0.1, 0.15) is 27.2 Å². The number of amides is 1. The summed E-state index contributed by atoms with van der Waals surface area (Å²) in [6.07, 6.45) is 2.24. The first kappa shape index (κ1) is 18.5. The first-order valence-electron chi connectivity index (χ1n) is 8.71. The third-order valence-corrected chi connectivity index (χ3v) is 4.13. The number of hydrogen-bond acceptors (Lipinski definition) is 4. The van der Waals surface area contributed by atoms with Gasteiger partial charge in [-0.3, -0.25) is 4.79 Å². The van der Waals surface area contributed by atoms with Crippen molar-refractivity contribution >= 4 is 17.5 Å². The first-order chi connectivity index (χ1) is 13.0. The summed E-state index contributed by atoms with van der Waals surface area (Å²) >= 11 is 0. The molecule has 138 valence electrons. The van der Waals surface area contributed by atoms with Crippen LogP contribution >= 0.6 is 0 Å². The highest BCUT2D eigenvalue weighted by molar-refractivity contribution is 6.03. The van der Waals surface area contributed by atoms with Crippen molar-refractivity contribution in [1.29, 1.82) is 0 Å². The lowest BCUT2D eigenvalue weighted by atomic mass is 10.1. The van der Waals surface area contributed by atoms with Gasteiger partial charge in [0.05, 0.1) is 0 Å². The normalized spacial score (nSPS) is 10.5. The highest BCUT2D eigenvalue weighted by Gasteiger charge is 2.10. The van der Waals surface area contributed by atoms with Gasteiger partial charge in [0, 0.05) is 18.4 Å². The minimum absolute atomic E-state index is 0.252. The number of halogens is 1. The van der Waals surface area contributed by atoms with Crippen LogP contribution in [0.25, 0.3) is 0 Å². The summed E-state index contributed by atoms with van der Waals surface area (Å²) in [5, 5.41) is 5.97. The van der Waals surface area contributed by atoms with Gasteiger partial charge in [-0.05, 0) is 55.7 Å². The second-order valence-electron chi connectivity index (χ2n) is 6.34. The SMILES string of the molecule is Cc1ccc(NC(=O)c2ccnc(NCCc3ccc(F)cc3)n2)c(C)c1. The molecule has 27 heavy (non-hydrogen) atoms. The van der Waals surface area contributed by atoms with E-state index in [1.807, 2.05) is 32.0 Å². The fraction of sp³-hybridized carbons (Fsp3) is 0.190. The van der Waals surface area contributed by atoms with Gasteiger partial charge >= 0.3 is 0 Å². The van der Waals surface area contributed by atoms with Gasteiger partial charge < -0.3 is 10.6 Å². The Balaban J connectivity index is 1.60. The Morgan fingerprint density at radius 2 is 1.85 bits per heavy atom. The maximum Gasteiger partial charge on any atom is 0.274 e. The lowest BCUT2D eigenvalue weighted by Gasteiger charge is -2.10. The summed E-state index contributed by atoms with van der Waals surface area (Å²) in [5.41, 5.74) is 4.19. The Bertz CT molecular complexity index is 941. The van der Waals surface area contributed by atoms with Crippen molar-refractivity contribution in [3.8, 4) is 0 Å². The van der Waals surface area contributed by atoms with E-state index in [4.69, 9.17) is 0 Å². The molecule has 3 aromatic rings. The van der Waals surface area contributed by atoms with Crippen LogP contribution in [-0.2, 0) is 6.42 Å². The molecule has 0 aliphatic rings. The van der Waals surface area contributed by atoms with E-state index in [1.165, 1.54) is 12.1 Å². The zero-order chi connectivity index (χ0) is 19.2. The number of nitrogens with zero attached hydrogens (tertiary/aromatic N) is 2. The van der Waals surface area contributed by atoms with E-state index in [-0.39, 0.29) is 17.4 Å². The second-order valence-corrected chi connectivity index (χ2v) is 6.34. The second kappa shape index (κ2) is 8.40. The van der Waals surface area contributed by atoms with Crippen LogP contribution in [0.15, 0.2) is 54.7 Å². The fourth-order valence-corrected chi connectivity index (χ4v) is 2.68. The predicted molar refractivity (Wildman–Crippen MR) is 104 cm³/mol. The Kier molecular flexibility index (Phi) is 5.76. The monoisotopic (exact) mass is 364 g/mol. The van der Waals surface area contributed by atoms with E-state index < -0.39 is 0 Å². The molecule has 0 unspecified atom stereocenters. The Hall–Kier alpha value is -3.28. The maximum absolute atomic E-state index is 12.9. The molecule has 1 aromatic heterocycles. The molecule has 6 heteroatoms. The molecule has 0 spiro atoms. The predicted octanol–water partition coefficient (Wildman–Crippen LogP) is 4.14. The summed E-state index contributed by atoms with van der Waals surface area (Å²) in [4.78, 5) is 20.9. The molecule has 0 saturated heterocycles. The summed E-state index contributed by atoms with van der Waals surface area (Å²) in [5.74, 6) is -0.158. The molecule has 0 fully saturated rings. The molecule has 2 N–H and O–H groups in total. The Labute approximate surface area is 157 Å². The number of carbonyl (C=O) groups is 1. The van der Waals surface area contributed by atoms with E-state index >= 15 is 0 Å². The van der Waals surface area contributed by atoms with Gasteiger partial charge in [0.2, 0.25) is 5.95 Å². The summed E-state index contributed by atoms with van der Waals surface area (Å²) in [6.45, 7) is 4.53. The number of hydrogen-bond donors (Lipinski definition) is 2. The van der Waals surface area contributed by atoms with Gasteiger partial charge in [0.1, 0.15) is 11.5 Å². The topological polar surface area (TPSA) is 66.9 Å². The number of aromatic nitrogens is 2. The summed E-state index contributed by atoms with van der Waals surface area (Å²) < 4.78 is 12.9.